The van der Waals surface area contributed by atoms with Crippen molar-refractivity contribution in [2.45, 2.75) is 70.3 Å². The van der Waals surface area contributed by atoms with Crippen molar-refractivity contribution in [3.05, 3.63) is 88.7 Å². The fourth-order valence-electron chi connectivity index (χ4n) is 5.25. The van der Waals surface area contributed by atoms with Gasteiger partial charge in [0, 0.05) is 12.1 Å². The molecule has 1 fully saturated rings. The van der Waals surface area contributed by atoms with Crippen LogP contribution in [0, 0.1) is 35.0 Å². The van der Waals surface area contributed by atoms with E-state index in [1.165, 1.54) is 18.6 Å². The van der Waals surface area contributed by atoms with E-state index in [9.17, 15) is 30.7 Å². The summed E-state index contributed by atoms with van der Waals surface area (Å²) in [5, 5.41) is 0. The topological polar surface area (TPSA) is 9.23 Å². The predicted octanol–water partition coefficient (Wildman–Crippen LogP) is 9.73. The van der Waals surface area contributed by atoms with Gasteiger partial charge in [-0.15, -0.1) is 0 Å². The van der Waals surface area contributed by atoms with E-state index in [2.05, 4.69) is 11.7 Å². The molecule has 0 aliphatic heterocycles. The fraction of sp³-hybridized carbons (Fsp3) is 0.400. The number of aryl methyl sites for hydroxylation is 1. The van der Waals surface area contributed by atoms with Crippen molar-refractivity contribution >= 4 is 0 Å². The summed E-state index contributed by atoms with van der Waals surface area (Å²) in [5.74, 6) is -5.46. The standard InChI is InChI=1S/C30H29F7O/c1-2-3-18-4-6-19(7-5-18)21-9-8-20(25(32)14-21)12-13-30(36,37)38-23-16-27(34)29(28(35)17-23)22-10-11-24(31)26(33)15-22/h8-11,14-19H,2-7,12-13H2,1H3. The summed E-state index contributed by atoms with van der Waals surface area (Å²) in [6.07, 6.45) is 1.43. The molecule has 0 saturated heterocycles. The maximum atomic E-state index is 14.7. The van der Waals surface area contributed by atoms with Gasteiger partial charge in [0.15, 0.2) is 11.6 Å². The molecule has 38 heavy (non-hydrogen) atoms. The van der Waals surface area contributed by atoms with Crippen LogP contribution in [0.1, 0.15) is 68.9 Å². The van der Waals surface area contributed by atoms with Gasteiger partial charge in [-0.05, 0) is 78.8 Å². The largest absolute Gasteiger partial charge is 0.432 e. The molecule has 0 spiro atoms. The van der Waals surface area contributed by atoms with Gasteiger partial charge in [-0.1, -0.05) is 38.0 Å². The fourth-order valence-corrected chi connectivity index (χ4v) is 5.25. The number of hydrogen-bond acceptors (Lipinski definition) is 1. The second-order valence-electron chi connectivity index (χ2n) is 9.99. The molecule has 0 amide bonds. The van der Waals surface area contributed by atoms with Gasteiger partial charge in [-0.3, -0.25) is 0 Å². The lowest BCUT2D eigenvalue weighted by Crippen LogP contribution is -2.25. The normalized spacial score (nSPS) is 18.0. The highest BCUT2D eigenvalue weighted by atomic mass is 19.3. The Morgan fingerprint density at radius 1 is 0.763 bits per heavy atom. The molecule has 1 aliphatic carbocycles. The van der Waals surface area contributed by atoms with Crippen LogP contribution in [0.15, 0.2) is 48.5 Å². The molecule has 1 nitrogen and oxygen atoms in total. The number of halogens is 7. The molecule has 3 aromatic rings. The summed E-state index contributed by atoms with van der Waals surface area (Å²) < 4.78 is 104. The third-order valence-electron chi connectivity index (χ3n) is 7.27. The summed E-state index contributed by atoms with van der Waals surface area (Å²) in [6.45, 7) is 2.17. The second kappa shape index (κ2) is 11.8. The van der Waals surface area contributed by atoms with Crippen molar-refractivity contribution in [1.29, 1.82) is 0 Å². The van der Waals surface area contributed by atoms with E-state index in [1.807, 2.05) is 0 Å². The van der Waals surface area contributed by atoms with Crippen LogP contribution in [0.3, 0.4) is 0 Å². The monoisotopic (exact) mass is 538 g/mol. The second-order valence-corrected chi connectivity index (χ2v) is 9.99. The number of benzene rings is 3. The van der Waals surface area contributed by atoms with Crippen molar-refractivity contribution < 1.29 is 35.5 Å². The Bertz CT molecular complexity index is 1240. The van der Waals surface area contributed by atoms with Gasteiger partial charge in [0.2, 0.25) is 0 Å². The summed E-state index contributed by atoms with van der Waals surface area (Å²) in [7, 11) is 0. The maximum absolute atomic E-state index is 14.7. The summed E-state index contributed by atoms with van der Waals surface area (Å²) in [5.41, 5.74) is -0.0373. The van der Waals surface area contributed by atoms with Gasteiger partial charge in [0.25, 0.3) is 0 Å². The van der Waals surface area contributed by atoms with Crippen molar-refractivity contribution in [3.63, 3.8) is 0 Å². The quantitative estimate of drug-likeness (QED) is 0.247. The molecule has 0 atom stereocenters. The van der Waals surface area contributed by atoms with Crippen LogP contribution in [0.25, 0.3) is 11.1 Å². The Hall–Kier alpha value is -3.03. The third-order valence-corrected chi connectivity index (χ3v) is 7.27. The van der Waals surface area contributed by atoms with Gasteiger partial charge in [-0.25, -0.2) is 22.0 Å². The first-order chi connectivity index (χ1) is 18.1. The maximum Gasteiger partial charge on any atom is 0.398 e. The minimum Gasteiger partial charge on any atom is -0.432 e. The Morgan fingerprint density at radius 3 is 2.05 bits per heavy atom. The number of rotatable bonds is 9. The molecular weight excluding hydrogens is 509 g/mol. The van der Waals surface area contributed by atoms with Gasteiger partial charge in [-0.2, -0.15) is 8.78 Å². The number of alkyl halides is 2. The lowest BCUT2D eigenvalue weighted by atomic mass is 9.77. The molecule has 0 N–H and O–H groups in total. The van der Waals surface area contributed by atoms with E-state index >= 15 is 0 Å². The zero-order chi connectivity index (χ0) is 27.4. The molecule has 0 bridgehead atoms. The minimum absolute atomic E-state index is 0.0998. The average molecular weight is 539 g/mol. The van der Waals surface area contributed by atoms with E-state index in [4.69, 9.17) is 0 Å². The Labute approximate surface area is 217 Å². The Morgan fingerprint density at radius 2 is 1.45 bits per heavy atom. The van der Waals surface area contributed by atoms with Crippen LogP contribution in [-0.2, 0) is 6.42 Å². The highest BCUT2D eigenvalue weighted by molar-refractivity contribution is 5.66. The lowest BCUT2D eigenvalue weighted by molar-refractivity contribution is -0.180. The first-order valence-corrected chi connectivity index (χ1v) is 12.9. The van der Waals surface area contributed by atoms with E-state index in [1.54, 1.807) is 6.07 Å². The molecule has 0 unspecified atom stereocenters. The van der Waals surface area contributed by atoms with Crippen LogP contribution in [0.4, 0.5) is 30.7 Å². The third kappa shape index (κ3) is 6.69. The molecule has 4 rings (SSSR count). The Balaban J connectivity index is 1.39. The van der Waals surface area contributed by atoms with Gasteiger partial charge in [0.1, 0.15) is 23.2 Å². The molecule has 1 aliphatic rings. The molecule has 1 saturated carbocycles. The molecule has 3 aromatic carbocycles. The van der Waals surface area contributed by atoms with Crippen LogP contribution in [0.5, 0.6) is 5.75 Å². The SMILES string of the molecule is CCCC1CCC(c2ccc(CCC(F)(F)Oc3cc(F)c(-c4ccc(F)c(F)c4)c(F)c3)c(F)c2)CC1. The number of ether oxygens (including phenoxy) is 1. The van der Waals surface area contributed by atoms with Crippen molar-refractivity contribution in [3.8, 4) is 16.9 Å². The smallest absolute Gasteiger partial charge is 0.398 e. The van der Waals surface area contributed by atoms with Crippen LogP contribution >= 0.6 is 0 Å². The highest BCUT2D eigenvalue weighted by Gasteiger charge is 2.33. The minimum atomic E-state index is -3.84. The van der Waals surface area contributed by atoms with E-state index in [0.717, 1.165) is 43.7 Å². The lowest BCUT2D eigenvalue weighted by Gasteiger charge is -2.28. The molecule has 0 radical (unpaired) electrons. The Kier molecular flexibility index (Phi) is 8.68. The first kappa shape index (κ1) is 28.0. The van der Waals surface area contributed by atoms with Crippen molar-refractivity contribution in [2.24, 2.45) is 5.92 Å². The van der Waals surface area contributed by atoms with Gasteiger partial charge < -0.3 is 4.74 Å². The van der Waals surface area contributed by atoms with Crippen LogP contribution < -0.4 is 4.74 Å². The van der Waals surface area contributed by atoms with E-state index in [-0.39, 0.29) is 23.5 Å². The zero-order valence-corrected chi connectivity index (χ0v) is 21.0. The van der Waals surface area contributed by atoms with E-state index < -0.39 is 52.9 Å². The van der Waals surface area contributed by atoms with Crippen molar-refractivity contribution in [2.75, 3.05) is 0 Å². The molecule has 8 heteroatoms. The van der Waals surface area contributed by atoms with E-state index in [0.29, 0.717) is 30.2 Å². The molecule has 0 heterocycles. The zero-order valence-electron chi connectivity index (χ0n) is 21.0. The van der Waals surface area contributed by atoms with Crippen LogP contribution in [0.2, 0.25) is 0 Å². The number of hydrogen-bond donors (Lipinski definition) is 0. The summed E-state index contributed by atoms with van der Waals surface area (Å²) in [4.78, 5) is 0. The summed E-state index contributed by atoms with van der Waals surface area (Å²) >= 11 is 0. The van der Waals surface area contributed by atoms with Gasteiger partial charge >= 0.3 is 6.11 Å². The predicted molar refractivity (Wildman–Crippen MR) is 132 cm³/mol. The molecular formula is C30H29F7O. The average Bonchev–Trinajstić information content (AvgIpc) is 2.85. The van der Waals surface area contributed by atoms with Crippen LogP contribution in [-0.4, -0.2) is 6.11 Å². The molecule has 0 aromatic heterocycles. The first-order valence-electron chi connectivity index (χ1n) is 12.9. The van der Waals surface area contributed by atoms with Crippen molar-refractivity contribution in [1.82, 2.24) is 0 Å². The molecule has 204 valence electrons. The summed E-state index contributed by atoms with van der Waals surface area (Å²) in [6, 6.07) is 8.05. The van der Waals surface area contributed by atoms with Gasteiger partial charge in [0.05, 0.1) is 12.0 Å². The highest BCUT2D eigenvalue weighted by Crippen LogP contribution is 2.38.